The van der Waals surface area contributed by atoms with Crippen LogP contribution < -0.4 is 9.30 Å². The third kappa shape index (κ3) is 9.66. The molecule has 0 atom stereocenters. The molecule has 9 aromatic carbocycles. The van der Waals surface area contributed by atoms with E-state index in [1.165, 1.54) is 6.07 Å². The molecule has 1 aliphatic heterocycles. The Bertz CT molecular complexity index is 5520. The van der Waals surface area contributed by atoms with Crippen LogP contribution in [-0.2, 0) is 48.1 Å². The largest absolute Gasteiger partial charge is 0.510 e. The molecule has 432 valence electrons. The van der Waals surface area contributed by atoms with Crippen molar-refractivity contribution in [3.8, 4) is 84.3 Å². The topological polar surface area (TPSA) is 35.9 Å². The standard InChI is InChI=1S/C80H74N4O.Pt/c1-76(2,3)53-32-29-50(30-33-53)65-44-55(78(7,8)9)45-67-62-26-17-15-24-60(62)59-23-14-16-25-61(59)66-41-52(51-31-36-68-69(42-51)80(12,13)39-38-79(68,10)11)43-72-75(66)83(74(65)67)49-82(72)56-21-20-22-57(47-56)85-58-34-35-64-63-27-18-19-28-70(63)84(71(64)48-58)73-46-54(37-40-81-73)77(4,5)6;/h14-37,40-46H,38-39H2,1-13H3;/q-2;/i10D3,11D3,12D3,13D3,31D,36D,38D2,39D2,42D;. The summed E-state index contributed by atoms with van der Waals surface area (Å²) >= 11 is 0. The van der Waals surface area contributed by atoms with Crippen molar-refractivity contribution in [2.24, 2.45) is 0 Å². The second kappa shape index (κ2) is 20.5. The molecule has 0 amide bonds. The quantitative estimate of drug-likeness (QED) is 0.123. The van der Waals surface area contributed by atoms with Crippen molar-refractivity contribution in [1.29, 1.82) is 0 Å². The fraction of sp³-hybridized carbons (Fsp3) is 0.250. The number of aromatic nitrogens is 4. The van der Waals surface area contributed by atoms with Crippen LogP contribution in [0.1, 0.15) is 156 Å². The zero-order valence-corrected chi connectivity index (χ0v) is 51.5. The van der Waals surface area contributed by atoms with Gasteiger partial charge in [-0.3, -0.25) is 4.57 Å². The third-order valence-electron chi connectivity index (χ3n) is 16.6. The Morgan fingerprint density at radius 3 is 1.85 bits per heavy atom. The minimum atomic E-state index is -4.54. The zero-order chi connectivity index (χ0) is 75.3. The van der Waals surface area contributed by atoms with Crippen molar-refractivity contribution < 1.29 is 56.4 Å². The molecule has 0 unspecified atom stereocenters. The second-order valence-electron chi connectivity index (χ2n) is 25.6. The zero-order valence-electron chi connectivity index (χ0n) is 68.2. The molecule has 0 saturated carbocycles. The predicted molar refractivity (Wildman–Crippen MR) is 352 cm³/mol. The molecule has 2 aliphatic rings. The first-order chi connectivity index (χ1) is 48.3. The number of para-hydroxylation sites is 1. The SMILES string of the molecule is [2H]c1c([2H])c2c(c([2H])c1-c1cc3c4c(c1)n(-c1[c-]c(Oc5[c-]c6c(cc5)c5ccccc5n6-c5cc(C(C)(C)C)ccn5)ccc1)[c-][n+]4-c1c(-c4ccc(C(C)(C)C)cc4)cc(C(C)(C)C)cc1-c1ccccc1-c1ccccc1-3)C(C([2H])([2H])[2H])(C([2H])([2H])[2H])C([2H])([2H])C([2H])([2H])C2(C([2H])([2H])[2H])C([2H])([2H])[2H].[Pt]. The van der Waals surface area contributed by atoms with Crippen molar-refractivity contribution >= 4 is 32.8 Å². The number of benzene rings is 9. The summed E-state index contributed by atoms with van der Waals surface area (Å²) < 4.78 is 190. The number of imidazole rings is 1. The minimum absolute atomic E-state index is 0. The summed E-state index contributed by atoms with van der Waals surface area (Å²) in [6.07, 6.45) is -3.50. The van der Waals surface area contributed by atoms with Crippen molar-refractivity contribution in [1.82, 2.24) is 14.1 Å². The summed E-state index contributed by atoms with van der Waals surface area (Å²) in [5, 5.41) is 1.87. The van der Waals surface area contributed by atoms with E-state index in [1.807, 2.05) is 95.6 Å². The van der Waals surface area contributed by atoms with E-state index in [4.69, 9.17) is 26.2 Å². The van der Waals surface area contributed by atoms with Gasteiger partial charge in [-0.05, 0) is 159 Å². The molecule has 5 nitrogen and oxygen atoms in total. The Labute approximate surface area is 549 Å². The number of hydrogen-bond donors (Lipinski definition) is 0. The molecule has 3 aromatic heterocycles. The molecule has 4 heterocycles. The maximum atomic E-state index is 10.5. The van der Waals surface area contributed by atoms with Gasteiger partial charge in [0.05, 0.1) is 20.8 Å². The normalized spacial score (nSPS) is 19.3. The Balaban J connectivity index is 0.00000978. The molecule has 0 saturated heterocycles. The molecule has 0 N–H and O–H groups in total. The molecule has 0 spiro atoms. The molecule has 0 bridgehead atoms. The fourth-order valence-corrected chi connectivity index (χ4v) is 12.1. The molecular weight excluding hydrogens is 1230 g/mol. The van der Waals surface area contributed by atoms with Gasteiger partial charge in [-0.15, -0.1) is 29.7 Å². The minimum Gasteiger partial charge on any atom is -0.510 e. The molecule has 6 heteroatoms. The van der Waals surface area contributed by atoms with Gasteiger partial charge in [-0.2, -0.15) is 18.2 Å². The molecular formula is C80H74N4OPt-2. The van der Waals surface area contributed by atoms with E-state index < -0.39 is 91.2 Å². The van der Waals surface area contributed by atoms with Crippen LogP contribution in [0.3, 0.4) is 0 Å². The van der Waals surface area contributed by atoms with E-state index in [9.17, 15) is 9.60 Å². The molecule has 14 rings (SSSR count). The molecule has 0 radical (unpaired) electrons. The molecule has 0 fully saturated rings. The summed E-state index contributed by atoms with van der Waals surface area (Å²) in [7, 11) is 0. The van der Waals surface area contributed by atoms with Crippen LogP contribution in [-0.4, -0.2) is 14.1 Å². The van der Waals surface area contributed by atoms with E-state index in [-0.39, 0.29) is 48.7 Å². The number of rotatable bonds is 6. The van der Waals surface area contributed by atoms with E-state index in [2.05, 4.69) is 128 Å². The van der Waals surface area contributed by atoms with Gasteiger partial charge in [-0.1, -0.05) is 223 Å². The monoisotopic (exact) mass is 1320 g/mol. The summed E-state index contributed by atoms with van der Waals surface area (Å²) in [4.78, 5) is 4.86. The summed E-state index contributed by atoms with van der Waals surface area (Å²) in [5.74, 6) is 1.21. The van der Waals surface area contributed by atoms with E-state index in [1.54, 1.807) is 35.0 Å². The van der Waals surface area contributed by atoms with Gasteiger partial charge in [0, 0.05) is 66.2 Å². The molecule has 12 aromatic rings. The first kappa shape index (κ1) is 38.8. The van der Waals surface area contributed by atoms with Gasteiger partial charge in [0.15, 0.2) is 0 Å². The maximum absolute atomic E-state index is 10.5. The van der Waals surface area contributed by atoms with E-state index in [0.29, 0.717) is 50.7 Å². The van der Waals surface area contributed by atoms with Crippen LogP contribution in [0.15, 0.2) is 188 Å². The van der Waals surface area contributed by atoms with E-state index >= 15 is 0 Å². The van der Waals surface area contributed by atoms with Crippen molar-refractivity contribution in [2.45, 2.75) is 130 Å². The average molecular weight is 1320 g/mol. The summed E-state index contributed by atoms with van der Waals surface area (Å²) in [6.45, 7) is 2.27. The van der Waals surface area contributed by atoms with Crippen LogP contribution in [0.2, 0.25) is 0 Å². The van der Waals surface area contributed by atoms with Gasteiger partial charge in [-0.25, -0.2) is 4.98 Å². The Hall–Kier alpha value is -8.11. The van der Waals surface area contributed by atoms with Gasteiger partial charge < -0.3 is 13.9 Å². The van der Waals surface area contributed by atoms with Crippen LogP contribution >= 0.6 is 0 Å². The third-order valence-corrected chi connectivity index (χ3v) is 16.6. The Kier molecular flexibility index (Phi) is 9.27. The van der Waals surface area contributed by atoms with Crippen LogP contribution in [0.5, 0.6) is 11.5 Å². The van der Waals surface area contributed by atoms with Crippen molar-refractivity contribution in [3.05, 3.63) is 234 Å². The smallest absolute Gasteiger partial charge is 0.268 e. The van der Waals surface area contributed by atoms with Gasteiger partial charge in [0.1, 0.15) is 5.82 Å². The first-order valence-corrected chi connectivity index (χ1v) is 28.6. The Morgan fingerprint density at radius 1 is 0.535 bits per heavy atom. The van der Waals surface area contributed by atoms with Crippen LogP contribution in [0, 0.1) is 18.5 Å². The first-order valence-electron chi connectivity index (χ1n) is 38.1. The van der Waals surface area contributed by atoms with Crippen LogP contribution in [0.4, 0.5) is 0 Å². The predicted octanol–water partition coefficient (Wildman–Crippen LogP) is 20.5. The number of ether oxygens (including phenoxy) is 1. The number of pyridine rings is 1. The summed E-state index contributed by atoms with van der Waals surface area (Å²) in [5.41, 5.74) is -1.50. The second-order valence-corrected chi connectivity index (χ2v) is 25.6. The fourth-order valence-electron chi connectivity index (χ4n) is 12.1. The number of fused-ring (bicyclic) bond motifs is 11. The summed E-state index contributed by atoms with van der Waals surface area (Å²) in [6, 6.07) is 55.6. The van der Waals surface area contributed by atoms with Gasteiger partial charge in [0.25, 0.3) is 6.33 Å². The Morgan fingerprint density at radius 2 is 1.16 bits per heavy atom. The van der Waals surface area contributed by atoms with Crippen molar-refractivity contribution in [3.63, 3.8) is 0 Å². The van der Waals surface area contributed by atoms with Gasteiger partial charge >= 0.3 is 0 Å². The van der Waals surface area contributed by atoms with Gasteiger partial charge in [0.2, 0.25) is 0 Å². The average Bonchev–Trinajstić information content (AvgIpc) is 1.57. The maximum Gasteiger partial charge on any atom is 0.268 e. The number of nitrogens with zero attached hydrogens (tertiary/aromatic N) is 4. The van der Waals surface area contributed by atoms with E-state index in [0.717, 1.165) is 60.8 Å². The molecule has 1 aliphatic carbocycles. The molecule has 86 heavy (non-hydrogen) atoms. The number of hydrogen-bond acceptors (Lipinski definition) is 2. The van der Waals surface area contributed by atoms with Crippen molar-refractivity contribution in [2.75, 3.05) is 0 Å². The van der Waals surface area contributed by atoms with Crippen LogP contribution in [0.25, 0.3) is 106 Å².